The van der Waals surface area contributed by atoms with Crippen molar-refractivity contribution >= 4 is 30.5 Å². The Morgan fingerprint density at radius 2 is 2.09 bits per heavy atom. The van der Waals surface area contributed by atoms with E-state index in [1.54, 1.807) is 17.8 Å². The number of nitrogens with zero attached hydrogens (tertiary/aromatic N) is 4. The molecule has 1 atom stereocenters. The predicted octanol–water partition coefficient (Wildman–Crippen LogP) is 0.769. The van der Waals surface area contributed by atoms with Gasteiger partial charge >= 0.3 is 7.60 Å². The van der Waals surface area contributed by atoms with Crippen LogP contribution in [0, 0.1) is 0 Å². The molecule has 0 unspecified atom stereocenters. The molecule has 128 valence electrons. The highest BCUT2D eigenvalue weighted by molar-refractivity contribution is 7.51. The summed E-state index contributed by atoms with van der Waals surface area (Å²) in [4.78, 5) is 30.3. The lowest BCUT2D eigenvalue weighted by atomic mass is 10.3. The average Bonchev–Trinajstić information content (AvgIpc) is 2.78. The Labute approximate surface area is 133 Å². The number of hydrogen-bond acceptors (Lipinski definition) is 7. The van der Waals surface area contributed by atoms with Gasteiger partial charge in [0, 0.05) is 6.04 Å². The van der Waals surface area contributed by atoms with Gasteiger partial charge in [-0.3, -0.25) is 4.57 Å². The van der Waals surface area contributed by atoms with E-state index in [-0.39, 0.29) is 12.0 Å². The molecular formula is C12H21N6O4P. The molecule has 10 nitrogen and oxygen atoms in total. The van der Waals surface area contributed by atoms with E-state index in [0.717, 1.165) is 0 Å². The number of nitrogens with two attached hydrogens (primary N) is 1. The number of anilines is 2. The molecule has 2 rings (SSSR count). The van der Waals surface area contributed by atoms with Crippen molar-refractivity contribution in [1.29, 1.82) is 0 Å². The number of rotatable bonds is 7. The minimum absolute atomic E-state index is 0.117. The van der Waals surface area contributed by atoms with Crippen molar-refractivity contribution in [1.82, 2.24) is 19.5 Å². The van der Waals surface area contributed by atoms with Crippen molar-refractivity contribution in [3.63, 3.8) is 0 Å². The SMILES string of the molecule is CC(C)Nc1nc(N)nc2c1ncn2C[C@H](C)OCP(=O)(O)O. The van der Waals surface area contributed by atoms with Crippen molar-refractivity contribution in [2.45, 2.75) is 39.5 Å². The molecule has 0 saturated heterocycles. The number of nitrogens with one attached hydrogen (secondary N) is 1. The van der Waals surface area contributed by atoms with Gasteiger partial charge in [0.15, 0.2) is 17.0 Å². The van der Waals surface area contributed by atoms with Crippen LogP contribution < -0.4 is 11.1 Å². The molecule has 2 aromatic rings. The summed E-state index contributed by atoms with van der Waals surface area (Å²) in [6, 6.07) is 0.156. The number of fused-ring (bicyclic) bond motifs is 1. The molecule has 11 heteroatoms. The van der Waals surface area contributed by atoms with Gasteiger partial charge in [-0.25, -0.2) is 4.98 Å². The maximum atomic E-state index is 10.8. The van der Waals surface area contributed by atoms with Gasteiger partial charge in [0.2, 0.25) is 5.95 Å². The van der Waals surface area contributed by atoms with Crippen LogP contribution in [0.25, 0.3) is 11.2 Å². The summed E-state index contributed by atoms with van der Waals surface area (Å²) >= 11 is 0. The lowest BCUT2D eigenvalue weighted by Crippen LogP contribution is -2.17. The molecule has 0 aliphatic heterocycles. The van der Waals surface area contributed by atoms with Gasteiger partial charge in [-0.05, 0) is 20.8 Å². The molecule has 0 bridgehead atoms. The third-order valence-corrected chi connectivity index (χ3v) is 3.37. The highest BCUT2D eigenvalue weighted by atomic mass is 31.2. The summed E-state index contributed by atoms with van der Waals surface area (Å²) in [7, 11) is -4.19. The van der Waals surface area contributed by atoms with Crippen LogP contribution in [0.1, 0.15) is 20.8 Å². The van der Waals surface area contributed by atoms with Crippen LogP contribution in [0.3, 0.4) is 0 Å². The summed E-state index contributed by atoms with van der Waals surface area (Å²) in [5.41, 5.74) is 6.85. The molecule has 0 saturated carbocycles. The summed E-state index contributed by atoms with van der Waals surface area (Å²) < 4.78 is 17.7. The third kappa shape index (κ3) is 4.87. The average molecular weight is 344 g/mol. The number of hydrogen-bond donors (Lipinski definition) is 4. The maximum Gasteiger partial charge on any atom is 0.350 e. The van der Waals surface area contributed by atoms with Gasteiger partial charge in [0.25, 0.3) is 0 Å². The van der Waals surface area contributed by atoms with Gasteiger partial charge in [-0.1, -0.05) is 0 Å². The van der Waals surface area contributed by atoms with Crippen molar-refractivity contribution in [2.24, 2.45) is 0 Å². The first-order valence-electron chi connectivity index (χ1n) is 7.07. The van der Waals surface area contributed by atoms with E-state index >= 15 is 0 Å². The minimum atomic E-state index is -4.19. The van der Waals surface area contributed by atoms with Crippen LogP contribution in [-0.2, 0) is 15.8 Å². The zero-order valence-electron chi connectivity index (χ0n) is 13.2. The topological polar surface area (TPSA) is 148 Å². The molecule has 23 heavy (non-hydrogen) atoms. The van der Waals surface area contributed by atoms with E-state index in [1.807, 2.05) is 13.8 Å². The standard InChI is InChI=1S/C12H21N6O4P/c1-7(2)15-10-9-11(17-12(13)16-10)18(5-14-9)4-8(3)22-6-23(19,20)21/h5,7-8H,4,6H2,1-3H3,(H2,19,20,21)(H3,13,15,16,17)/t8-/m0/s1. The predicted molar refractivity (Wildman–Crippen MR) is 86.0 cm³/mol. The second-order valence-electron chi connectivity index (χ2n) is 5.57. The van der Waals surface area contributed by atoms with Crippen LogP contribution in [0.15, 0.2) is 6.33 Å². The van der Waals surface area contributed by atoms with Crippen LogP contribution >= 0.6 is 7.60 Å². The number of imidazole rings is 1. The second-order valence-corrected chi connectivity index (χ2v) is 7.16. The Morgan fingerprint density at radius 1 is 1.39 bits per heavy atom. The van der Waals surface area contributed by atoms with Crippen LogP contribution in [-0.4, -0.2) is 47.8 Å². The van der Waals surface area contributed by atoms with E-state index in [0.29, 0.717) is 23.5 Å². The number of nitrogen functional groups attached to an aromatic ring is 1. The minimum Gasteiger partial charge on any atom is -0.368 e. The molecule has 0 amide bonds. The van der Waals surface area contributed by atoms with Crippen LogP contribution in [0.5, 0.6) is 0 Å². The fourth-order valence-corrected chi connectivity index (χ4v) is 2.47. The van der Waals surface area contributed by atoms with Gasteiger partial charge in [0.05, 0.1) is 19.0 Å². The van der Waals surface area contributed by atoms with Crippen molar-refractivity contribution in [3.05, 3.63) is 6.33 Å². The van der Waals surface area contributed by atoms with Crippen LogP contribution in [0.4, 0.5) is 11.8 Å². The fraction of sp³-hybridized carbons (Fsp3) is 0.583. The van der Waals surface area contributed by atoms with Gasteiger partial charge < -0.3 is 30.1 Å². The molecular weight excluding hydrogens is 323 g/mol. The molecule has 0 spiro atoms. The van der Waals surface area contributed by atoms with Crippen LogP contribution in [0.2, 0.25) is 0 Å². The van der Waals surface area contributed by atoms with Gasteiger partial charge in [0.1, 0.15) is 6.35 Å². The smallest absolute Gasteiger partial charge is 0.350 e. The van der Waals surface area contributed by atoms with E-state index in [1.165, 1.54) is 0 Å². The monoisotopic (exact) mass is 344 g/mol. The first kappa shape index (κ1) is 17.6. The normalized spacial score (nSPS) is 13.7. The van der Waals surface area contributed by atoms with Crippen molar-refractivity contribution < 1.29 is 19.1 Å². The fourth-order valence-electron chi connectivity index (χ4n) is 2.02. The van der Waals surface area contributed by atoms with E-state index < -0.39 is 20.0 Å². The van der Waals surface area contributed by atoms with Crippen molar-refractivity contribution in [2.75, 3.05) is 17.4 Å². The zero-order valence-corrected chi connectivity index (χ0v) is 14.1. The third-order valence-electron chi connectivity index (χ3n) is 2.89. The molecule has 0 aliphatic rings. The number of ether oxygens (including phenoxy) is 1. The molecule has 5 N–H and O–H groups in total. The van der Waals surface area contributed by atoms with E-state index in [9.17, 15) is 4.57 Å². The highest BCUT2D eigenvalue weighted by Gasteiger charge is 2.18. The molecule has 0 aliphatic carbocycles. The lowest BCUT2D eigenvalue weighted by Gasteiger charge is -2.15. The van der Waals surface area contributed by atoms with Gasteiger partial charge in [-0.15, -0.1) is 0 Å². The Morgan fingerprint density at radius 3 is 2.70 bits per heavy atom. The Hall–Kier alpha value is -1.74. The van der Waals surface area contributed by atoms with E-state index in [4.69, 9.17) is 20.3 Å². The van der Waals surface area contributed by atoms with E-state index in [2.05, 4.69) is 20.3 Å². The molecule has 0 aromatic carbocycles. The quantitative estimate of drug-likeness (QED) is 0.534. The maximum absolute atomic E-state index is 10.8. The second kappa shape index (κ2) is 6.79. The summed E-state index contributed by atoms with van der Waals surface area (Å²) in [6.07, 6.45) is 0.511. The Bertz CT molecular complexity index is 728. The highest BCUT2D eigenvalue weighted by Crippen LogP contribution is 2.34. The number of aromatic nitrogens is 4. The Balaban J connectivity index is 2.22. The molecule has 0 fully saturated rings. The van der Waals surface area contributed by atoms with Crippen molar-refractivity contribution in [3.8, 4) is 0 Å². The molecule has 2 aromatic heterocycles. The molecule has 2 heterocycles. The van der Waals surface area contributed by atoms with Gasteiger partial charge in [-0.2, -0.15) is 9.97 Å². The first-order valence-corrected chi connectivity index (χ1v) is 8.86. The molecule has 0 radical (unpaired) electrons. The first-order chi connectivity index (χ1) is 10.7. The lowest BCUT2D eigenvalue weighted by molar-refractivity contribution is 0.0764. The Kier molecular flexibility index (Phi) is 5.20. The zero-order chi connectivity index (χ0) is 17.2. The summed E-state index contributed by atoms with van der Waals surface area (Å²) in [5, 5.41) is 3.16. The summed E-state index contributed by atoms with van der Waals surface area (Å²) in [5.74, 6) is 0.663. The summed E-state index contributed by atoms with van der Waals surface area (Å²) in [6.45, 7) is 5.98. The largest absolute Gasteiger partial charge is 0.368 e.